The Hall–Kier alpha value is -0.790. The van der Waals surface area contributed by atoms with Gasteiger partial charge in [-0.25, -0.2) is 0 Å². The van der Waals surface area contributed by atoms with Crippen molar-refractivity contribution in [2.75, 3.05) is 0 Å². The molecular formula is C12H21O2-. The molecule has 0 aliphatic rings. The molecule has 2 nitrogen and oxygen atoms in total. The minimum absolute atomic E-state index is 0.0135. The van der Waals surface area contributed by atoms with E-state index in [-0.39, 0.29) is 11.5 Å². The first kappa shape index (κ1) is 13.2. The van der Waals surface area contributed by atoms with Gasteiger partial charge in [0.15, 0.2) is 5.78 Å². The smallest absolute Gasteiger partial charge is 0.151 e. The lowest BCUT2D eigenvalue weighted by Crippen LogP contribution is -2.11. The predicted molar refractivity (Wildman–Crippen MR) is 56.7 cm³/mol. The van der Waals surface area contributed by atoms with E-state index >= 15 is 0 Å². The molecule has 82 valence electrons. The largest absolute Gasteiger partial charge is 0.875 e. The van der Waals surface area contributed by atoms with Crippen LogP contribution in [0.15, 0.2) is 11.8 Å². The molecular weight excluding hydrogens is 176 g/mol. The van der Waals surface area contributed by atoms with E-state index in [4.69, 9.17) is 0 Å². The molecule has 0 rings (SSSR count). The van der Waals surface area contributed by atoms with Gasteiger partial charge in [-0.15, -0.1) is 5.76 Å². The zero-order valence-electron chi connectivity index (χ0n) is 9.51. The minimum Gasteiger partial charge on any atom is -0.875 e. The van der Waals surface area contributed by atoms with Crippen molar-refractivity contribution in [3.05, 3.63) is 11.8 Å². The highest BCUT2D eigenvalue weighted by Crippen LogP contribution is 2.18. The summed E-state index contributed by atoms with van der Waals surface area (Å²) in [4.78, 5) is 10.7. The highest BCUT2D eigenvalue weighted by molar-refractivity contribution is 5.87. The molecule has 0 heterocycles. The molecule has 0 amide bonds. The van der Waals surface area contributed by atoms with Gasteiger partial charge < -0.3 is 5.11 Å². The second-order valence-corrected chi connectivity index (χ2v) is 3.84. The van der Waals surface area contributed by atoms with Gasteiger partial charge in [0.2, 0.25) is 0 Å². The summed E-state index contributed by atoms with van der Waals surface area (Å²) in [6.07, 6.45) is 6.22. The van der Waals surface area contributed by atoms with Crippen molar-refractivity contribution in [2.24, 2.45) is 5.92 Å². The Labute approximate surface area is 87.0 Å². The topological polar surface area (TPSA) is 40.1 Å². The number of carbonyl (C=O) groups excluding carboxylic acids is 1. The first-order chi connectivity index (χ1) is 6.60. The predicted octanol–water partition coefficient (Wildman–Crippen LogP) is 2.43. The third-order valence-corrected chi connectivity index (χ3v) is 2.40. The maximum atomic E-state index is 11.3. The number of ketones is 1. The molecule has 0 N–H and O–H groups in total. The number of rotatable bonds is 7. The molecule has 0 aromatic heterocycles. The molecule has 0 bridgehead atoms. The Morgan fingerprint density at radius 2 is 2.07 bits per heavy atom. The van der Waals surface area contributed by atoms with Crippen LogP contribution in [0.3, 0.4) is 0 Å². The standard InChI is InChI=1S/C12H22O2/c1-4-6-7-11(5-2)9-12(14)8-10(3)13/h8,11,14H,4-7,9H2,1-3H3/p-1/b12-8-. The van der Waals surface area contributed by atoms with Crippen LogP contribution >= 0.6 is 0 Å². The fourth-order valence-corrected chi connectivity index (χ4v) is 1.51. The van der Waals surface area contributed by atoms with Gasteiger partial charge in [-0.1, -0.05) is 39.5 Å². The van der Waals surface area contributed by atoms with Crippen LogP contribution in [0.4, 0.5) is 0 Å². The summed E-state index contributed by atoms with van der Waals surface area (Å²) in [6, 6.07) is 0. The lowest BCUT2D eigenvalue weighted by Gasteiger charge is -2.19. The molecule has 0 saturated carbocycles. The first-order valence-electron chi connectivity index (χ1n) is 5.48. The zero-order valence-corrected chi connectivity index (χ0v) is 9.51. The molecule has 14 heavy (non-hydrogen) atoms. The molecule has 0 spiro atoms. The molecule has 0 saturated heterocycles. The maximum Gasteiger partial charge on any atom is 0.151 e. The molecule has 2 heteroatoms. The summed E-state index contributed by atoms with van der Waals surface area (Å²) < 4.78 is 0. The van der Waals surface area contributed by atoms with Crippen LogP contribution < -0.4 is 5.11 Å². The zero-order chi connectivity index (χ0) is 11.0. The molecule has 0 aromatic rings. The van der Waals surface area contributed by atoms with Gasteiger partial charge in [-0.3, -0.25) is 4.79 Å². The number of hydrogen-bond donors (Lipinski definition) is 0. The van der Waals surface area contributed by atoms with E-state index in [2.05, 4.69) is 13.8 Å². The monoisotopic (exact) mass is 197 g/mol. The van der Waals surface area contributed by atoms with Crippen LogP contribution in [-0.2, 0) is 4.79 Å². The van der Waals surface area contributed by atoms with Crippen LogP contribution in [0.1, 0.15) is 52.9 Å². The molecule has 1 atom stereocenters. The summed E-state index contributed by atoms with van der Waals surface area (Å²) in [7, 11) is 0. The second kappa shape index (κ2) is 7.60. The van der Waals surface area contributed by atoms with Gasteiger partial charge >= 0.3 is 0 Å². The minimum atomic E-state index is -0.139. The Morgan fingerprint density at radius 1 is 1.43 bits per heavy atom. The average molecular weight is 197 g/mol. The third-order valence-electron chi connectivity index (χ3n) is 2.40. The quantitative estimate of drug-likeness (QED) is 0.464. The molecule has 0 fully saturated rings. The average Bonchev–Trinajstić information content (AvgIpc) is 2.10. The lowest BCUT2D eigenvalue weighted by molar-refractivity contribution is -0.308. The third kappa shape index (κ3) is 6.70. The van der Waals surface area contributed by atoms with Gasteiger partial charge in [-0.2, -0.15) is 0 Å². The van der Waals surface area contributed by atoms with Crippen molar-refractivity contribution in [1.29, 1.82) is 0 Å². The van der Waals surface area contributed by atoms with Crippen molar-refractivity contribution < 1.29 is 9.90 Å². The second-order valence-electron chi connectivity index (χ2n) is 3.84. The van der Waals surface area contributed by atoms with Crippen LogP contribution in [0.25, 0.3) is 0 Å². The van der Waals surface area contributed by atoms with E-state index in [1.165, 1.54) is 25.8 Å². The Balaban J connectivity index is 3.97. The highest BCUT2D eigenvalue weighted by Gasteiger charge is 2.04. The van der Waals surface area contributed by atoms with Crippen LogP contribution in [0.5, 0.6) is 0 Å². The Bertz CT molecular complexity index is 194. The van der Waals surface area contributed by atoms with E-state index in [9.17, 15) is 9.90 Å². The normalized spacial score (nSPS) is 14.1. The van der Waals surface area contributed by atoms with Gasteiger partial charge in [0, 0.05) is 0 Å². The fraction of sp³-hybridized carbons (Fsp3) is 0.750. The van der Waals surface area contributed by atoms with Crippen molar-refractivity contribution in [3.63, 3.8) is 0 Å². The fourth-order valence-electron chi connectivity index (χ4n) is 1.51. The van der Waals surface area contributed by atoms with Crippen molar-refractivity contribution in [1.82, 2.24) is 0 Å². The Kier molecular flexibility index (Phi) is 7.17. The van der Waals surface area contributed by atoms with E-state index < -0.39 is 0 Å². The van der Waals surface area contributed by atoms with Gasteiger partial charge in [0.1, 0.15) is 0 Å². The van der Waals surface area contributed by atoms with Crippen molar-refractivity contribution in [3.8, 4) is 0 Å². The highest BCUT2D eigenvalue weighted by atomic mass is 16.3. The molecule has 0 aliphatic carbocycles. The van der Waals surface area contributed by atoms with Crippen LogP contribution in [0.2, 0.25) is 0 Å². The van der Waals surface area contributed by atoms with Crippen molar-refractivity contribution >= 4 is 5.78 Å². The Morgan fingerprint density at radius 3 is 2.50 bits per heavy atom. The number of carbonyl (C=O) groups is 1. The summed E-state index contributed by atoms with van der Waals surface area (Å²) in [6.45, 7) is 5.67. The van der Waals surface area contributed by atoms with Crippen LogP contribution in [-0.4, -0.2) is 5.78 Å². The SMILES string of the molecule is CCCCC(CC)C/C([O-])=C/C(C)=O. The molecule has 0 radical (unpaired) electrons. The lowest BCUT2D eigenvalue weighted by atomic mass is 9.95. The summed E-state index contributed by atoms with van der Waals surface area (Å²) in [5.74, 6) is 0.304. The van der Waals surface area contributed by atoms with Gasteiger partial charge in [0.05, 0.1) is 0 Å². The first-order valence-corrected chi connectivity index (χ1v) is 5.48. The van der Waals surface area contributed by atoms with Gasteiger partial charge in [-0.05, 0) is 25.3 Å². The summed E-state index contributed by atoms with van der Waals surface area (Å²) in [5.41, 5.74) is 0. The maximum absolute atomic E-state index is 11.3. The molecule has 0 aliphatic heterocycles. The van der Waals surface area contributed by atoms with E-state index in [1.54, 1.807) is 0 Å². The van der Waals surface area contributed by atoms with Gasteiger partial charge in [0.25, 0.3) is 0 Å². The van der Waals surface area contributed by atoms with Crippen LogP contribution in [0, 0.1) is 5.92 Å². The van der Waals surface area contributed by atoms with Crippen molar-refractivity contribution in [2.45, 2.75) is 52.9 Å². The number of allylic oxidation sites excluding steroid dienone is 2. The molecule has 0 aromatic carbocycles. The van der Waals surface area contributed by atoms with E-state index in [1.807, 2.05) is 0 Å². The van der Waals surface area contributed by atoms with E-state index in [0.29, 0.717) is 12.3 Å². The molecule has 1 unspecified atom stereocenters. The number of unbranched alkanes of at least 4 members (excludes halogenated alkanes) is 1. The summed E-state index contributed by atoms with van der Waals surface area (Å²) >= 11 is 0. The van der Waals surface area contributed by atoms with E-state index in [0.717, 1.165) is 12.8 Å². The summed E-state index contributed by atoms with van der Waals surface area (Å²) in [5, 5.41) is 11.3. The number of hydrogen-bond acceptors (Lipinski definition) is 2.